The zero-order valence-electron chi connectivity index (χ0n) is 6.48. The number of nitrogens with one attached hydrogen (secondary N) is 1. The van der Waals surface area contributed by atoms with E-state index in [2.05, 4.69) is 25.8 Å². The zero-order chi connectivity index (χ0) is 9.10. The zero-order valence-corrected chi connectivity index (χ0v) is 7.23. The first kappa shape index (κ1) is 8.00. The molecule has 1 aliphatic rings. The fourth-order valence-electron chi connectivity index (χ4n) is 0.853. The van der Waals surface area contributed by atoms with Crippen LogP contribution in [0.15, 0.2) is 28.5 Å². The van der Waals surface area contributed by atoms with E-state index in [9.17, 15) is 0 Å². The quantitative estimate of drug-likeness (QED) is 0.680. The number of guanidine groups is 1. The molecule has 1 aromatic rings. The lowest BCUT2D eigenvalue weighted by atomic mass is 10.4. The van der Waals surface area contributed by atoms with Gasteiger partial charge in [0.05, 0.1) is 0 Å². The van der Waals surface area contributed by atoms with Crippen LogP contribution in [0.3, 0.4) is 0 Å². The molecule has 1 N–H and O–H groups in total. The molecule has 13 heavy (non-hydrogen) atoms. The molecule has 0 saturated carbocycles. The molecule has 0 saturated heterocycles. The van der Waals surface area contributed by atoms with Crippen LogP contribution in [0.2, 0.25) is 5.15 Å². The summed E-state index contributed by atoms with van der Waals surface area (Å²) in [5.74, 6) is 0.447. The van der Waals surface area contributed by atoms with Gasteiger partial charge in [-0.05, 0) is 12.1 Å². The molecule has 65 valence electrons. The van der Waals surface area contributed by atoms with Gasteiger partial charge in [-0.3, -0.25) is 0 Å². The Bertz CT molecular complexity index is 373. The van der Waals surface area contributed by atoms with Crippen molar-refractivity contribution >= 4 is 29.6 Å². The van der Waals surface area contributed by atoms with E-state index in [1.54, 1.807) is 18.3 Å². The minimum absolute atomic E-state index is 0.421. The van der Waals surface area contributed by atoms with E-state index in [0.29, 0.717) is 11.1 Å². The number of rotatable bonds is 1. The van der Waals surface area contributed by atoms with Crippen LogP contribution in [0.4, 0.5) is 5.69 Å². The minimum atomic E-state index is 0.421. The van der Waals surface area contributed by atoms with E-state index in [0.717, 1.165) is 5.69 Å². The third kappa shape index (κ3) is 1.94. The number of halogens is 1. The van der Waals surface area contributed by atoms with Crippen LogP contribution in [0, 0.1) is 0 Å². The van der Waals surface area contributed by atoms with Crippen molar-refractivity contribution in [2.75, 3.05) is 5.32 Å². The highest BCUT2D eigenvalue weighted by molar-refractivity contribution is 6.29. The molecule has 0 aliphatic carbocycles. The van der Waals surface area contributed by atoms with E-state index in [1.807, 2.05) is 0 Å². The molecule has 1 aliphatic heterocycles. The van der Waals surface area contributed by atoms with Crippen LogP contribution in [-0.2, 0) is 0 Å². The molecule has 0 atom stereocenters. The van der Waals surface area contributed by atoms with Gasteiger partial charge in [0.1, 0.15) is 11.5 Å². The van der Waals surface area contributed by atoms with Gasteiger partial charge in [-0.1, -0.05) is 11.6 Å². The number of hydrogen-bond donors (Lipinski definition) is 1. The number of pyridine rings is 1. The van der Waals surface area contributed by atoms with E-state index in [4.69, 9.17) is 11.6 Å². The lowest BCUT2D eigenvalue weighted by Crippen LogP contribution is -2.19. The predicted molar refractivity (Wildman–Crippen MR) is 50.9 cm³/mol. The molecule has 1 radical (unpaired) electrons. The van der Waals surface area contributed by atoms with Gasteiger partial charge in [0.2, 0.25) is 5.96 Å². The largest absolute Gasteiger partial charge is 0.323 e. The third-order valence-electron chi connectivity index (χ3n) is 1.37. The molecule has 0 bridgehead atoms. The van der Waals surface area contributed by atoms with Gasteiger partial charge in [0, 0.05) is 11.9 Å². The van der Waals surface area contributed by atoms with E-state index >= 15 is 0 Å². The van der Waals surface area contributed by atoms with E-state index in [-0.39, 0.29) is 0 Å². The van der Waals surface area contributed by atoms with E-state index < -0.39 is 0 Å². The number of aromatic nitrogens is 1. The average Bonchev–Trinajstić information content (AvgIpc) is 2.57. The highest BCUT2D eigenvalue weighted by Crippen LogP contribution is 2.11. The van der Waals surface area contributed by atoms with Gasteiger partial charge < -0.3 is 5.32 Å². The van der Waals surface area contributed by atoms with Crippen LogP contribution >= 0.6 is 11.6 Å². The Labute approximate surface area is 79.5 Å². The first-order chi connectivity index (χ1) is 6.34. The maximum atomic E-state index is 5.68. The predicted octanol–water partition coefficient (Wildman–Crippen LogP) is 1.06. The van der Waals surface area contributed by atoms with Crippen LogP contribution in [0.25, 0.3) is 0 Å². The number of hydrogen-bond acceptors (Lipinski definition) is 4. The third-order valence-corrected chi connectivity index (χ3v) is 1.57. The fraction of sp³-hybridized carbons (Fsp3) is 0. The van der Waals surface area contributed by atoms with Crippen LogP contribution in [-0.4, -0.2) is 17.3 Å². The van der Waals surface area contributed by atoms with Gasteiger partial charge in [0.25, 0.3) is 0 Å². The van der Waals surface area contributed by atoms with Crippen molar-refractivity contribution in [2.24, 2.45) is 10.2 Å². The summed E-state index contributed by atoms with van der Waals surface area (Å²) in [5, 5.41) is 14.5. The molecular weight excluding hydrogens is 190 g/mol. The molecule has 0 amide bonds. The molecule has 6 heteroatoms. The van der Waals surface area contributed by atoms with Crippen LogP contribution < -0.4 is 10.6 Å². The highest BCUT2D eigenvalue weighted by atomic mass is 35.5. The first-order valence-corrected chi connectivity index (χ1v) is 3.91. The van der Waals surface area contributed by atoms with Crippen LogP contribution in [0.1, 0.15) is 0 Å². The second-order valence-electron chi connectivity index (χ2n) is 2.28. The second-order valence-corrected chi connectivity index (χ2v) is 2.66. The summed E-state index contributed by atoms with van der Waals surface area (Å²) in [5.41, 5.74) is 0.785. The number of anilines is 1. The Morgan fingerprint density at radius 1 is 1.38 bits per heavy atom. The molecule has 0 spiro atoms. The first-order valence-electron chi connectivity index (χ1n) is 3.53. The fourth-order valence-corrected chi connectivity index (χ4v) is 1.03. The SMILES string of the molecule is Clc1cc(NC2=NN=C[N]2)ccn1. The highest BCUT2D eigenvalue weighted by Gasteiger charge is 2.03. The summed E-state index contributed by atoms with van der Waals surface area (Å²) < 4.78 is 0. The Balaban J connectivity index is 2.10. The van der Waals surface area contributed by atoms with Gasteiger partial charge >= 0.3 is 0 Å². The number of nitrogens with zero attached hydrogens (tertiary/aromatic N) is 4. The van der Waals surface area contributed by atoms with Crippen molar-refractivity contribution in [2.45, 2.75) is 0 Å². The molecule has 0 aromatic carbocycles. The van der Waals surface area contributed by atoms with Gasteiger partial charge in [-0.25, -0.2) is 4.98 Å². The van der Waals surface area contributed by atoms with Gasteiger partial charge in [-0.2, -0.15) is 5.32 Å². The molecule has 0 fully saturated rings. The van der Waals surface area contributed by atoms with Crippen molar-refractivity contribution in [1.82, 2.24) is 10.3 Å². The van der Waals surface area contributed by atoms with Crippen molar-refractivity contribution in [3.05, 3.63) is 23.5 Å². The molecule has 1 aromatic heterocycles. The van der Waals surface area contributed by atoms with Crippen molar-refractivity contribution in [1.29, 1.82) is 0 Å². The summed E-state index contributed by atoms with van der Waals surface area (Å²) in [4.78, 5) is 3.84. The standard InChI is InChI=1S/C7H5ClN5/c8-6-3-5(1-2-9-6)12-7-10-4-11-13-7/h1-4H,(H,9,12,13). The van der Waals surface area contributed by atoms with Crippen LogP contribution in [0.5, 0.6) is 0 Å². The van der Waals surface area contributed by atoms with E-state index in [1.165, 1.54) is 6.34 Å². The Morgan fingerprint density at radius 2 is 2.31 bits per heavy atom. The normalized spacial score (nSPS) is 13.8. The maximum Gasteiger partial charge on any atom is 0.248 e. The summed E-state index contributed by atoms with van der Waals surface area (Å²) >= 11 is 5.68. The molecular formula is C7H5ClN5. The summed E-state index contributed by atoms with van der Waals surface area (Å²) in [7, 11) is 0. The van der Waals surface area contributed by atoms with Crippen molar-refractivity contribution in [3.8, 4) is 0 Å². The lowest BCUT2D eigenvalue weighted by molar-refractivity contribution is 1.26. The van der Waals surface area contributed by atoms with Gasteiger partial charge in [0.15, 0.2) is 0 Å². The monoisotopic (exact) mass is 194 g/mol. The lowest BCUT2D eigenvalue weighted by Gasteiger charge is -2.02. The second kappa shape index (κ2) is 3.40. The maximum absolute atomic E-state index is 5.68. The van der Waals surface area contributed by atoms with Crippen molar-refractivity contribution in [3.63, 3.8) is 0 Å². The molecule has 5 nitrogen and oxygen atoms in total. The summed E-state index contributed by atoms with van der Waals surface area (Å²) in [6.07, 6.45) is 2.96. The Kier molecular flexibility index (Phi) is 2.09. The van der Waals surface area contributed by atoms with Gasteiger partial charge in [-0.15, -0.1) is 10.2 Å². The minimum Gasteiger partial charge on any atom is -0.323 e. The Morgan fingerprint density at radius 3 is 3.00 bits per heavy atom. The molecule has 2 heterocycles. The summed E-state index contributed by atoms with van der Waals surface area (Å²) in [6, 6.07) is 3.44. The molecule has 2 rings (SSSR count). The average molecular weight is 195 g/mol. The smallest absolute Gasteiger partial charge is 0.248 e. The molecule has 0 unspecified atom stereocenters. The van der Waals surface area contributed by atoms with Crippen molar-refractivity contribution < 1.29 is 0 Å². The topological polar surface area (TPSA) is 63.7 Å². The summed E-state index contributed by atoms with van der Waals surface area (Å²) in [6.45, 7) is 0. The Hall–Kier alpha value is -1.62.